The van der Waals surface area contributed by atoms with Crippen LogP contribution in [-0.2, 0) is 6.54 Å². The number of aromatic amines is 1. The molecule has 1 aliphatic heterocycles. The van der Waals surface area contributed by atoms with Gasteiger partial charge in [-0.15, -0.1) is 0 Å². The monoisotopic (exact) mass is 396 g/mol. The van der Waals surface area contributed by atoms with Gasteiger partial charge in [-0.25, -0.2) is 0 Å². The first kappa shape index (κ1) is 19.0. The average molecular weight is 396 g/mol. The van der Waals surface area contributed by atoms with Gasteiger partial charge < -0.3 is 20.1 Å². The van der Waals surface area contributed by atoms with Crippen LogP contribution in [-0.4, -0.2) is 49.7 Å². The predicted octanol–water partition coefficient (Wildman–Crippen LogP) is 1.98. The Labute approximate surface area is 167 Å². The third-order valence-corrected chi connectivity index (χ3v) is 5.43. The van der Waals surface area contributed by atoms with E-state index in [1.165, 1.54) is 0 Å². The summed E-state index contributed by atoms with van der Waals surface area (Å²) in [5.74, 6) is -0.00269. The number of likely N-dealkylation sites (tertiary alicyclic amines) is 1. The number of primary amides is 1. The fraction of sp³-hybridized carbons (Fsp3) is 0.400. The standard InChI is InChI=1S/C20H24N6O3/c1-12-8-23-26(9-12)11-16-13(2)29-24-18(16)20(28)25-7-3-4-14(10-25)17-15(19(21)27)5-6-22-17/h5-6,8-9,14,22H,3-4,7,10-11H2,1-2H3,(H2,21,27). The van der Waals surface area contributed by atoms with Crippen molar-refractivity contribution in [2.45, 2.75) is 39.2 Å². The van der Waals surface area contributed by atoms with Gasteiger partial charge in [-0.3, -0.25) is 14.3 Å². The van der Waals surface area contributed by atoms with E-state index in [4.69, 9.17) is 10.3 Å². The van der Waals surface area contributed by atoms with Crippen LogP contribution in [0, 0.1) is 13.8 Å². The molecule has 1 aliphatic rings. The molecule has 1 atom stereocenters. The second kappa shape index (κ2) is 7.57. The van der Waals surface area contributed by atoms with Gasteiger partial charge >= 0.3 is 0 Å². The molecule has 1 fully saturated rings. The van der Waals surface area contributed by atoms with Crippen LogP contribution in [0.1, 0.15) is 62.2 Å². The summed E-state index contributed by atoms with van der Waals surface area (Å²) in [7, 11) is 0. The van der Waals surface area contributed by atoms with E-state index in [0.29, 0.717) is 36.7 Å². The number of aryl methyl sites for hydroxylation is 2. The first-order valence-electron chi connectivity index (χ1n) is 9.64. The quantitative estimate of drug-likeness (QED) is 0.683. The molecule has 4 rings (SSSR count). The van der Waals surface area contributed by atoms with E-state index in [-0.39, 0.29) is 11.8 Å². The maximum Gasteiger partial charge on any atom is 0.276 e. The number of rotatable bonds is 5. The first-order valence-corrected chi connectivity index (χ1v) is 9.64. The zero-order valence-corrected chi connectivity index (χ0v) is 16.5. The van der Waals surface area contributed by atoms with Crippen LogP contribution in [0.4, 0.5) is 0 Å². The summed E-state index contributed by atoms with van der Waals surface area (Å²) < 4.78 is 7.10. The minimum atomic E-state index is -0.464. The molecular formula is C20H24N6O3. The summed E-state index contributed by atoms with van der Waals surface area (Å²) in [6.07, 6.45) is 7.10. The molecule has 1 saturated heterocycles. The maximum absolute atomic E-state index is 13.2. The lowest BCUT2D eigenvalue weighted by molar-refractivity contribution is 0.0694. The number of carbonyl (C=O) groups is 2. The van der Waals surface area contributed by atoms with Crippen LogP contribution in [0.25, 0.3) is 0 Å². The number of H-pyrrole nitrogens is 1. The maximum atomic E-state index is 13.2. The van der Waals surface area contributed by atoms with Crippen molar-refractivity contribution >= 4 is 11.8 Å². The Morgan fingerprint density at radius 1 is 1.38 bits per heavy atom. The molecule has 0 bridgehead atoms. The lowest BCUT2D eigenvalue weighted by Crippen LogP contribution is -2.40. The zero-order valence-electron chi connectivity index (χ0n) is 16.5. The Balaban J connectivity index is 1.55. The van der Waals surface area contributed by atoms with Gasteiger partial charge in [0.15, 0.2) is 5.69 Å². The molecule has 3 N–H and O–H groups in total. The molecule has 0 radical (unpaired) electrons. The molecule has 29 heavy (non-hydrogen) atoms. The molecule has 0 aliphatic carbocycles. The van der Waals surface area contributed by atoms with Crippen molar-refractivity contribution in [2.75, 3.05) is 13.1 Å². The summed E-state index contributed by atoms with van der Waals surface area (Å²) in [6.45, 7) is 5.31. The van der Waals surface area contributed by atoms with Gasteiger partial charge in [0.05, 0.1) is 18.3 Å². The molecule has 0 aromatic carbocycles. The van der Waals surface area contributed by atoms with Crippen molar-refractivity contribution in [3.05, 3.63) is 58.5 Å². The number of hydrogen-bond acceptors (Lipinski definition) is 5. The largest absolute Gasteiger partial charge is 0.366 e. The van der Waals surface area contributed by atoms with Gasteiger partial charge in [-0.1, -0.05) is 5.16 Å². The lowest BCUT2D eigenvalue weighted by Gasteiger charge is -2.32. The molecule has 3 aromatic heterocycles. The number of nitrogens with zero attached hydrogens (tertiary/aromatic N) is 4. The highest BCUT2D eigenvalue weighted by Gasteiger charge is 2.31. The highest BCUT2D eigenvalue weighted by atomic mass is 16.5. The molecule has 0 spiro atoms. The molecule has 9 nitrogen and oxygen atoms in total. The van der Waals surface area contributed by atoms with Crippen molar-refractivity contribution in [3.63, 3.8) is 0 Å². The zero-order chi connectivity index (χ0) is 20.5. The topological polar surface area (TPSA) is 123 Å². The van der Waals surface area contributed by atoms with E-state index >= 15 is 0 Å². The fourth-order valence-corrected chi connectivity index (χ4v) is 3.94. The molecule has 3 aromatic rings. The van der Waals surface area contributed by atoms with E-state index in [1.54, 1.807) is 35.0 Å². The van der Waals surface area contributed by atoms with Crippen LogP contribution < -0.4 is 5.73 Å². The van der Waals surface area contributed by atoms with E-state index in [0.717, 1.165) is 29.7 Å². The fourth-order valence-electron chi connectivity index (χ4n) is 3.94. The Kier molecular flexibility index (Phi) is 4.96. The number of amides is 2. The van der Waals surface area contributed by atoms with Crippen LogP contribution in [0.3, 0.4) is 0 Å². The lowest BCUT2D eigenvalue weighted by atomic mass is 9.92. The van der Waals surface area contributed by atoms with Gasteiger partial charge in [-0.05, 0) is 38.3 Å². The molecule has 1 unspecified atom stereocenters. The van der Waals surface area contributed by atoms with Gasteiger partial charge in [0, 0.05) is 42.7 Å². The molecule has 2 amide bonds. The Hall–Kier alpha value is -3.36. The number of aromatic nitrogens is 4. The van der Waals surface area contributed by atoms with Crippen molar-refractivity contribution < 1.29 is 14.1 Å². The number of nitrogens with two attached hydrogens (primary N) is 1. The van der Waals surface area contributed by atoms with E-state index in [2.05, 4.69) is 15.2 Å². The van der Waals surface area contributed by atoms with Crippen molar-refractivity contribution in [2.24, 2.45) is 5.73 Å². The second-order valence-electron chi connectivity index (χ2n) is 7.54. The first-order chi connectivity index (χ1) is 13.9. The number of nitrogens with one attached hydrogen (secondary N) is 1. The van der Waals surface area contributed by atoms with Crippen LogP contribution >= 0.6 is 0 Å². The van der Waals surface area contributed by atoms with Gasteiger partial charge in [-0.2, -0.15) is 5.10 Å². The highest BCUT2D eigenvalue weighted by Crippen LogP contribution is 2.29. The smallest absolute Gasteiger partial charge is 0.276 e. The van der Waals surface area contributed by atoms with Crippen molar-refractivity contribution in [1.82, 2.24) is 24.8 Å². The van der Waals surface area contributed by atoms with Crippen LogP contribution in [0.2, 0.25) is 0 Å². The second-order valence-corrected chi connectivity index (χ2v) is 7.54. The summed E-state index contributed by atoms with van der Waals surface area (Å²) in [4.78, 5) is 29.8. The van der Waals surface area contributed by atoms with Crippen molar-refractivity contribution in [1.29, 1.82) is 0 Å². The van der Waals surface area contributed by atoms with E-state index in [1.807, 2.05) is 13.1 Å². The van der Waals surface area contributed by atoms with Gasteiger partial charge in [0.2, 0.25) is 0 Å². The summed E-state index contributed by atoms with van der Waals surface area (Å²) in [5, 5.41) is 8.33. The third-order valence-electron chi connectivity index (χ3n) is 5.43. The molecule has 152 valence electrons. The Bertz CT molecular complexity index is 1050. The Morgan fingerprint density at radius 2 is 2.21 bits per heavy atom. The molecule has 9 heteroatoms. The summed E-state index contributed by atoms with van der Waals surface area (Å²) in [5.41, 5.74) is 8.85. The summed E-state index contributed by atoms with van der Waals surface area (Å²) >= 11 is 0. The normalized spacial score (nSPS) is 16.9. The number of hydrogen-bond donors (Lipinski definition) is 2. The van der Waals surface area contributed by atoms with Gasteiger partial charge in [0.1, 0.15) is 5.76 Å². The average Bonchev–Trinajstić information content (AvgIpc) is 3.43. The van der Waals surface area contributed by atoms with E-state index in [9.17, 15) is 9.59 Å². The van der Waals surface area contributed by atoms with E-state index < -0.39 is 5.91 Å². The summed E-state index contributed by atoms with van der Waals surface area (Å²) in [6, 6.07) is 1.68. The highest BCUT2D eigenvalue weighted by molar-refractivity contribution is 5.95. The van der Waals surface area contributed by atoms with Gasteiger partial charge in [0.25, 0.3) is 11.8 Å². The molecule has 4 heterocycles. The SMILES string of the molecule is Cc1cnn(Cc2c(C(=O)N3CCCC(c4[nH]ccc4C(N)=O)C3)noc2C)c1. The predicted molar refractivity (Wildman–Crippen MR) is 104 cm³/mol. The Morgan fingerprint density at radius 3 is 2.93 bits per heavy atom. The minimum absolute atomic E-state index is 0.0235. The molecule has 0 saturated carbocycles. The number of carbonyl (C=O) groups excluding carboxylic acids is 2. The van der Waals surface area contributed by atoms with Crippen LogP contribution in [0.5, 0.6) is 0 Å². The van der Waals surface area contributed by atoms with Crippen molar-refractivity contribution in [3.8, 4) is 0 Å². The molecular weight excluding hydrogens is 372 g/mol. The van der Waals surface area contributed by atoms with Crippen LogP contribution in [0.15, 0.2) is 29.2 Å². The minimum Gasteiger partial charge on any atom is -0.366 e. The third kappa shape index (κ3) is 3.67. The number of piperidine rings is 1.